The highest BCUT2D eigenvalue weighted by molar-refractivity contribution is 5.73. The molecule has 0 radical (unpaired) electrons. The second-order valence-electron chi connectivity index (χ2n) is 5.58. The highest BCUT2D eigenvalue weighted by atomic mass is 16.5. The molecular weight excluding hydrogens is 316 g/mol. The first-order valence-corrected chi connectivity index (χ1v) is 8.50. The standard InChI is InChI=1S/C19H26N4O2/c1-4-23(5-2)18-11-8-16(13-20-18)14-22-19(24)21-12-15-6-9-17(25-3)10-7-15/h6-11,13H,4-5,12,14H2,1-3H3,(H2,21,22,24). The van der Waals surface area contributed by atoms with Crippen molar-refractivity contribution >= 4 is 11.8 Å². The van der Waals surface area contributed by atoms with Crippen LogP contribution in [0.15, 0.2) is 42.6 Å². The number of ether oxygens (including phenoxy) is 1. The third kappa shape index (κ3) is 5.67. The van der Waals surface area contributed by atoms with Crippen LogP contribution in [0.2, 0.25) is 0 Å². The number of aromatic nitrogens is 1. The molecule has 6 nitrogen and oxygen atoms in total. The molecule has 0 fully saturated rings. The summed E-state index contributed by atoms with van der Waals surface area (Å²) in [5.41, 5.74) is 1.98. The number of nitrogens with zero attached hydrogens (tertiary/aromatic N) is 2. The van der Waals surface area contributed by atoms with E-state index in [1.165, 1.54) is 0 Å². The number of rotatable bonds is 8. The number of methoxy groups -OCH3 is 1. The quantitative estimate of drug-likeness (QED) is 0.774. The van der Waals surface area contributed by atoms with Gasteiger partial charge in [-0.25, -0.2) is 9.78 Å². The van der Waals surface area contributed by atoms with E-state index in [2.05, 4.69) is 34.4 Å². The molecule has 0 aliphatic heterocycles. The molecule has 6 heteroatoms. The van der Waals surface area contributed by atoms with Gasteiger partial charge in [0.2, 0.25) is 0 Å². The smallest absolute Gasteiger partial charge is 0.315 e. The maximum absolute atomic E-state index is 11.9. The molecule has 0 saturated heterocycles. The van der Waals surface area contributed by atoms with Gasteiger partial charge >= 0.3 is 6.03 Å². The van der Waals surface area contributed by atoms with Crippen molar-refractivity contribution in [3.63, 3.8) is 0 Å². The number of amides is 2. The van der Waals surface area contributed by atoms with Crippen molar-refractivity contribution in [2.75, 3.05) is 25.1 Å². The minimum Gasteiger partial charge on any atom is -0.497 e. The van der Waals surface area contributed by atoms with E-state index in [1.807, 2.05) is 36.4 Å². The molecule has 1 aromatic heterocycles. The highest BCUT2D eigenvalue weighted by Crippen LogP contribution is 2.11. The fourth-order valence-electron chi connectivity index (χ4n) is 2.43. The van der Waals surface area contributed by atoms with Gasteiger partial charge in [0.05, 0.1) is 7.11 Å². The van der Waals surface area contributed by atoms with E-state index in [-0.39, 0.29) is 6.03 Å². The maximum atomic E-state index is 11.9. The molecule has 25 heavy (non-hydrogen) atoms. The summed E-state index contributed by atoms with van der Waals surface area (Å²) in [6.07, 6.45) is 1.80. The van der Waals surface area contributed by atoms with Crippen LogP contribution >= 0.6 is 0 Å². The average molecular weight is 342 g/mol. The average Bonchev–Trinajstić information content (AvgIpc) is 2.67. The number of hydrogen-bond acceptors (Lipinski definition) is 4. The van der Waals surface area contributed by atoms with Gasteiger partial charge < -0.3 is 20.3 Å². The first kappa shape index (κ1) is 18.6. The normalized spacial score (nSPS) is 10.2. The topological polar surface area (TPSA) is 66.5 Å². The Morgan fingerprint density at radius 3 is 2.12 bits per heavy atom. The van der Waals surface area contributed by atoms with Crippen LogP contribution in [0.5, 0.6) is 5.75 Å². The SMILES string of the molecule is CCN(CC)c1ccc(CNC(=O)NCc2ccc(OC)cc2)cn1. The summed E-state index contributed by atoms with van der Waals surface area (Å²) in [5.74, 6) is 1.76. The molecule has 0 bridgehead atoms. The minimum absolute atomic E-state index is 0.205. The summed E-state index contributed by atoms with van der Waals surface area (Å²) in [6.45, 7) is 6.97. The lowest BCUT2D eigenvalue weighted by molar-refractivity contribution is 0.240. The first-order chi connectivity index (χ1) is 12.2. The van der Waals surface area contributed by atoms with E-state index in [0.29, 0.717) is 13.1 Å². The molecule has 0 atom stereocenters. The number of benzene rings is 1. The number of urea groups is 1. The predicted octanol–water partition coefficient (Wildman–Crippen LogP) is 2.94. The van der Waals surface area contributed by atoms with Gasteiger partial charge in [0.15, 0.2) is 0 Å². The maximum Gasteiger partial charge on any atom is 0.315 e. The van der Waals surface area contributed by atoms with E-state index in [1.54, 1.807) is 13.3 Å². The van der Waals surface area contributed by atoms with Crippen LogP contribution < -0.4 is 20.3 Å². The molecule has 0 spiro atoms. The Kier molecular flexibility index (Phi) is 7.07. The molecule has 1 aromatic carbocycles. The summed E-state index contributed by atoms with van der Waals surface area (Å²) >= 11 is 0. The lowest BCUT2D eigenvalue weighted by Crippen LogP contribution is -2.34. The first-order valence-electron chi connectivity index (χ1n) is 8.50. The van der Waals surface area contributed by atoms with Crippen molar-refractivity contribution in [3.05, 3.63) is 53.7 Å². The Balaban J connectivity index is 1.77. The number of hydrogen-bond donors (Lipinski definition) is 2. The van der Waals surface area contributed by atoms with Crippen LogP contribution in [0.4, 0.5) is 10.6 Å². The zero-order valence-electron chi connectivity index (χ0n) is 15.1. The van der Waals surface area contributed by atoms with Crippen LogP contribution in [-0.4, -0.2) is 31.2 Å². The largest absolute Gasteiger partial charge is 0.497 e. The summed E-state index contributed by atoms with van der Waals surface area (Å²) in [6, 6.07) is 11.4. The second-order valence-corrected chi connectivity index (χ2v) is 5.58. The Hall–Kier alpha value is -2.76. The fraction of sp³-hybridized carbons (Fsp3) is 0.368. The summed E-state index contributed by atoms with van der Waals surface area (Å²) in [7, 11) is 1.63. The Morgan fingerprint density at radius 2 is 1.60 bits per heavy atom. The molecule has 0 aliphatic rings. The van der Waals surface area contributed by atoms with Crippen molar-refractivity contribution in [2.24, 2.45) is 0 Å². The lowest BCUT2D eigenvalue weighted by Gasteiger charge is -2.19. The van der Waals surface area contributed by atoms with Gasteiger partial charge in [-0.15, -0.1) is 0 Å². The zero-order chi connectivity index (χ0) is 18.1. The van der Waals surface area contributed by atoms with E-state index in [4.69, 9.17) is 4.74 Å². The summed E-state index contributed by atoms with van der Waals surface area (Å²) in [5, 5.41) is 5.68. The number of anilines is 1. The molecule has 0 unspecified atom stereocenters. The third-order valence-corrected chi connectivity index (χ3v) is 3.96. The van der Waals surface area contributed by atoms with Gasteiger partial charge in [-0.3, -0.25) is 0 Å². The van der Waals surface area contributed by atoms with Crippen LogP contribution in [-0.2, 0) is 13.1 Å². The van der Waals surface area contributed by atoms with Gasteiger partial charge in [0.25, 0.3) is 0 Å². The van der Waals surface area contributed by atoms with Gasteiger partial charge in [0, 0.05) is 32.4 Å². The van der Waals surface area contributed by atoms with Crippen molar-refractivity contribution in [1.29, 1.82) is 0 Å². The Labute approximate surface area is 149 Å². The number of carbonyl (C=O) groups excluding carboxylic acids is 1. The third-order valence-electron chi connectivity index (χ3n) is 3.96. The molecule has 2 aromatic rings. The van der Waals surface area contributed by atoms with Crippen molar-refractivity contribution in [2.45, 2.75) is 26.9 Å². The van der Waals surface area contributed by atoms with Crippen molar-refractivity contribution in [1.82, 2.24) is 15.6 Å². The Bertz CT molecular complexity index is 652. The second kappa shape index (κ2) is 9.52. The molecular formula is C19H26N4O2. The van der Waals surface area contributed by atoms with Gasteiger partial charge in [-0.1, -0.05) is 18.2 Å². The van der Waals surface area contributed by atoms with Gasteiger partial charge in [-0.05, 0) is 43.2 Å². The van der Waals surface area contributed by atoms with Crippen LogP contribution in [0.3, 0.4) is 0 Å². The van der Waals surface area contributed by atoms with Crippen LogP contribution in [0, 0.1) is 0 Å². The van der Waals surface area contributed by atoms with E-state index >= 15 is 0 Å². The minimum atomic E-state index is -0.205. The molecule has 2 N–H and O–H groups in total. The number of pyridine rings is 1. The van der Waals surface area contributed by atoms with E-state index in [0.717, 1.165) is 35.8 Å². The fourth-order valence-corrected chi connectivity index (χ4v) is 2.43. The van der Waals surface area contributed by atoms with Crippen molar-refractivity contribution in [3.8, 4) is 5.75 Å². The van der Waals surface area contributed by atoms with Crippen LogP contribution in [0.1, 0.15) is 25.0 Å². The van der Waals surface area contributed by atoms with E-state index in [9.17, 15) is 4.79 Å². The lowest BCUT2D eigenvalue weighted by atomic mass is 10.2. The van der Waals surface area contributed by atoms with Crippen LogP contribution in [0.25, 0.3) is 0 Å². The summed E-state index contributed by atoms with van der Waals surface area (Å²) < 4.78 is 5.11. The van der Waals surface area contributed by atoms with E-state index < -0.39 is 0 Å². The molecule has 2 amide bonds. The number of carbonyl (C=O) groups is 1. The number of nitrogens with one attached hydrogen (secondary N) is 2. The summed E-state index contributed by atoms with van der Waals surface area (Å²) in [4.78, 5) is 18.5. The highest BCUT2D eigenvalue weighted by Gasteiger charge is 2.04. The molecule has 134 valence electrons. The molecule has 2 rings (SSSR count). The molecule has 0 aliphatic carbocycles. The molecule has 0 saturated carbocycles. The van der Waals surface area contributed by atoms with Gasteiger partial charge in [0.1, 0.15) is 11.6 Å². The zero-order valence-corrected chi connectivity index (χ0v) is 15.1. The molecule has 1 heterocycles. The predicted molar refractivity (Wildman–Crippen MR) is 99.9 cm³/mol. The Morgan fingerprint density at radius 1 is 1.00 bits per heavy atom. The van der Waals surface area contributed by atoms with Crippen molar-refractivity contribution < 1.29 is 9.53 Å². The monoisotopic (exact) mass is 342 g/mol. The van der Waals surface area contributed by atoms with Gasteiger partial charge in [-0.2, -0.15) is 0 Å².